The van der Waals surface area contributed by atoms with Crippen molar-refractivity contribution < 1.29 is 13.2 Å². The molecule has 3 aromatic heterocycles. The van der Waals surface area contributed by atoms with Crippen LogP contribution in [0.15, 0.2) is 63.3 Å². The molecule has 0 bridgehead atoms. The highest BCUT2D eigenvalue weighted by molar-refractivity contribution is 7.99. The minimum atomic E-state index is -3.91. The van der Waals surface area contributed by atoms with Gasteiger partial charge in [0.15, 0.2) is 0 Å². The van der Waals surface area contributed by atoms with Crippen LogP contribution in [0.25, 0.3) is 11.1 Å². The summed E-state index contributed by atoms with van der Waals surface area (Å²) in [5.41, 5.74) is 8.53. The number of anilines is 3. The highest BCUT2D eigenvalue weighted by atomic mass is 32.2. The summed E-state index contributed by atoms with van der Waals surface area (Å²) in [6.07, 6.45) is 1.53. The summed E-state index contributed by atoms with van der Waals surface area (Å²) < 4.78 is 27.5. The van der Waals surface area contributed by atoms with Crippen LogP contribution < -0.4 is 15.8 Å². The van der Waals surface area contributed by atoms with Gasteiger partial charge >= 0.3 is 0 Å². The molecular formula is C25H20N8O3S3. The number of amides is 1. The largest absolute Gasteiger partial charge is 0.383 e. The Morgan fingerprint density at radius 3 is 2.49 bits per heavy atom. The third-order valence-electron chi connectivity index (χ3n) is 5.26. The van der Waals surface area contributed by atoms with Gasteiger partial charge in [-0.15, -0.1) is 11.8 Å². The van der Waals surface area contributed by atoms with Gasteiger partial charge in [-0.3, -0.25) is 4.79 Å². The zero-order chi connectivity index (χ0) is 28.0. The topological polar surface area (TPSA) is 188 Å². The Hall–Kier alpha value is -4.50. The van der Waals surface area contributed by atoms with Crippen LogP contribution in [0.4, 0.5) is 17.5 Å². The van der Waals surface area contributed by atoms with Crippen molar-refractivity contribution in [3.63, 3.8) is 0 Å². The van der Waals surface area contributed by atoms with Gasteiger partial charge < -0.3 is 11.1 Å². The monoisotopic (exact) mass is 576 g/mol. The van der Waals surface area contributed by atoms with E-state index in [0.29, 0.717) is 27.5 Å². The van der Waals surface area contributed by atoms with Crippen molar-refractivity contribution >= 4 is 56.5 Å². The molecule has 14 heteroatoms. The number of carbonyl (C=O) groups excluding carboxylic acids is 1. The lowest BCUT2D eigenvalue weighted by Gasteiger charge is -2.12. The minimum Gasteiger partial charge on any atom is -0.383 e. The van der Waals surface area contributed by atoms with Crippen molar-refractivity contribution in [2.75, 3.05) is 21.5 Å². The van der Waals surface area contributed by atoms with Gasteiger partial charge in [0.2, 0.25) is 11.9 Å². The summed E-state index contributed by atoms with van der Waals surface area (Å²) in [5, 5.41) is 26.1. The van der Waals surface area contributed by atoms with Crippen LogP contribution in [0.5, 0.6) is 0 Å². The fourth-order valence-corrected chi connectivity index (χ4v) is 5.99. The molecule has 0 aliphatic heterocycles. The third kappa shape index (κ3) is 6.50. The molecule has 0 atom stereocenters. The predicted octanol–water partition coefficient (Wildman–Crippen LogP) is 4.16. The first-order valence-corrected chi connectivity index (χ1v) is 14.6. The standard InChI is InChI=1S/C25H20N8O3S3/c1-15-6-9-29-25(30-15)33-39(35,36)18-4-2-17(3-5-18)31-21(34)8-11-38-24-20(13-27)22(16-7-10-37-14-16)19(12-26)23(28)32-24/h2-7,9-10,14H,8,11H2,1H3,(H2,28,32)(H,31,34)(H,29,30,33). The summed E-state index contributed by atoms with van der Waals surface area (Å²) in [6, 6.07) is 13.3. The lowest BCUT2D eigenvalue weighted by molar-refractivity contribution is -0.115. The molecule has 4 aromatic rings. The number of pyridine rings is 1. The number of nitriles is 2. The fourth-order valence-electron chi connectivity index (χ4n) is 3.46. The number of carbonyl (C=O) groups is 1. The molecule has 39 heavy (non-hydrogen) atoms. The van der Waals surface area contributed by atoms with E-state index in [-0.39, 0.29) is 45.9 Å². The molecule has 11 nitrogen and oxygen atoms in total. The van der Waals surface area contributed by atoms with Gasteiger partial charge in [0, 0.05) is 35.3 Å². The van der Waals surface area contributed by atoms with Crippen molar-refractivity contribution in [3.05, 3.63) is 70.2 Å². The highest BCUT2D eigenvalue weighted by Gasteiger charge is 2.21. The maximum Gasteiger partial charge on any atom is 0.264 e. The number of rotatable bonds is 9. The number of hydrogen-bond donors (Lipinski definition) is 3. The number of benzene rings is 1. The lowest BCUT2D eigenvalue weighted by Crippen LogP contribution is -2.16. The maximum absolute atomic E-state index is 12.6. The van der Waals surface area contributed by atoms with E-state index in [2.05, 4.69) is 31.1 Å². The first kappa shape index (κ1) is 27.5. The second-order valence-corrected chi connectivity index (χ2v) is 11.5. The van der Waals surface area contributed by atoms with E-state index in [1.54, 1.807) is 19.1 Å². The average Bonchev–Trinajstić information content (AvgIpc) is 3.43. The third-order valence-corrected chi connectivity index (χ3v) is 8.27. The van der Waals surface area contributed by atoms with Crippen molar-refractivity contribution in [3.8, 4) is 23.3 Å². The van der Waals surface area contributed by atoms with E-state index in [1.807, 2.05) is 16.8 Å². The zero-order valence-electron chi connectivity index (χ0n) is 20.4. The van der Waals surface area contributed by atoms with Crippen molar-refractivity contribution in [1.82, 2.24) is 15.0 Å². The van der Waals surface area contributed by atoms with Crippen LogP contribution in [0.3, 0.4) is 0 Å². The van der Waals surface area contributed by atoms with Crippen LogP contribution in [-0.4, -0.2) is 35.0 Å². The Morgan fingerprint density at radius 2 is 1.85 bits per heavy atom. The summed E-state index contributed by atoms with van der Waals surface area (Å²) in [5.74, 6) is -0.0504. The number of nitrogen functional groups attached to an aromatic ring is 1. The molecule has 0 fully saturated rings. The Balaban J connectivity index is 1.39. The molecule has 0 aliphatic carbocycles. The molecule has 1 aromatic carbocycles. The quantitative estimate of drug-likeness (QED) is 0.244. The summed E-state index contributed by atoms with van der Waals surface area (Å²) in [7, 11) is -3.91. The number of aromatic nitrogens is 3. The van der Waals surface area contributed by atoms with E-state index < -0.39 is 10.0 Å². The maximum atomic E-state index is 12.6. The van der Waals surface area contributed by atoms with Gasteiger partial charge in [-0.2, -0.15) is 21.9 Å². The molecule has 3 heterocycles. The fraction of sp³-hybridized carbons (Fsp3) is 0.120. The molecular weight excluding hydrogens is 557 g/mol. The first-order valence-electron chi connectivity index (χ1n) is 11.2. The van der Waals surface area contributed by atoms with E-state index in [9.17, 15) is 23.7 Å². The molecule has 0 saturated heterocycles. The molecule has 1 amide bonds. The van der Waals surface area contributed by atoms with Gasteiger partial charge in [0.1, 0.15) is 28.5 Å². The Morgan fingerprint density at radius 1 is 1.10 bits per heavy atom. The number of thiophene rings is 1. The van der Waals surface area contributed by atoms with Crippen LogP contribution in [0.1, 0.15) is 23.2 Å². The molecule has 4 rings (SSSR count). The van der Waals surface area contributed by atoms with Gasteiger partial charge in [0.05, 0.1) is 10.5 Å². The van der Waals surface area contributed by atoms with Crippen LogP contribution >= 0.6 is 23.1 Å². The lowest BCUT2D eigenvalue weighted by atomic mass is 9.99. The Labute approximate surface area is 232 Å². The van der Waals surface area contributed by atoms with Crippen LogP contribution in [-0.2, 0) is 14.8 Å². The second-order valence-electron chi connectivity index (χ2n) is 7.96. The molecule has 0 saturated carbocycles. The van der Waals surface area contributed by atoms with Crippen molar-refractivity contribution in [2.45, 2.75) is 23.3 Å². The van der Waals surface area contributed by atoms with E-state index in [4.69, 9.17) is 5.73 Å². The average molecular weight is 577 g/mol. The molecule has 0 aliphatic rings. The SMILES string of the molecule is Cc1ccnc(NS(=O)(=O)c2ccc(NC(=O)CCSc3nc(N)c(C#N)c(-c4ccsc4)c3C#N)cc2)n1. The number of nitrogens with two attached hydrogens (primary N) is 1. The number of nitrogens with one attached hydrogen (secondary N) is 2. The summed E-state index contributed by atoms with van der Waals surface area (Å²) >= 11 is 2.61. The molecule has 196 valence electrons. The second kappa shape index (κ2) is 11.9. The van der Waals surface area contributed by atoms with Crippen molar-refractivity contribution in [1.29, 1.82) is 10.5 Å². The van der Waals surface area contributed by atoms with Gasteiger partial charge in [-0.05, 0) is 59.6 Å². The van der Waals surface area contributed by atoms with Crippen LogP contribution in [0.2, 0.25) is 0 Å². The molecule has 0 spiro atoms. The van der Waals surface area contributed by atoms with Crippen LogP contribution in [0, 0.1) is 29.6 Å². The minimum absolute atomic E-state index is 0.0168. The first-order chi connectivity index (χ1) is 18.7. The number of nitrogens with zero attached hydrogens (tertiary/aromatic N) is 5. The number of aryl methyl sites for hydroxylation is 1. The van der Waals surface area contributed by atoms with Gasteiger partial charge in [0.25, 0.3) is 10.0 Å². The Kier molecular flexibility index (Phi) is 8.41. The van der Waals surface area contributed by atoms with Gasteiger partial charge in [-0.25, -0.2) is 28.1 Å². The van der Waals surface area contributed by atoms with E-state index in [1.165, 1.54) is 53.6 Å². The summed E-state index contributed by atoms with van der Waals surface area (Å²) in [6.45, 7) is 1.72. The summed E-state index contributed by atoms with van der Waals surface area (Å²) in [4.78, 5) is 24.6. The number of thioether (sulfide) groups is 1. The molecule has 0 unspecified atom stereocenters. The highest BCUT2D eigenvalue weighted by Crippen LogP contribution is 2.36. The predicted molar refractivity (Wildman–Crippen MR) is 149 cm³/mol. The molecule has 0 radical (unpaired) electrons. The van der Waals surface area contributed by atoms with Crippen molar-refractivity contribution in [2.24, 2.45) is 0 Å². The molecule has 4 N–H and O–H groups in total. The number of sulfonamides is 1. The number of hydrogen-bond acceptors (Lipinski definition) is 11. The van der Waals surface area contributed by atoms with E-state index >= 15 is 0 Å². The van der Waals surface area contributed by atoms with Gasteiger partial charge in [-0.1, -0.05) is 0 Å². The normalized spacial score (nSPS) is 10.8. The Bertz CT molecular complexity index is 1710. The zero-order valence-corrected chi connectivity index (χ0v) is 22.8. The van der Waals surface area contributed by atoms with E-state index in [0.717, 1.165) is 0 Å². The smallest absolute Gasteiger partial charge is 0.264 e.